The first-order valence-electron chi connectivity index (χ1n) is 9.07. The van der Waals surface area contributed by atoms with Crippen LogP contribution in [0.3, 0.4) is 0 Å². The van der Waals surface area contributed by atoms with Gasteiger partial charge >= 0.3 is 0 Å². The summed E-state index contributed by atoms with van der Waals surface area (Å²) in [4.78, 5) is 27.2. The number of halogens is 1. The highest BCUT2D eigenvalue weighted by molar-refractivity contribution is 6.51. The molecule has 6 heteroatoms. The van der Waals surface area contributed by atoms with Crippen LogP contribution in [0, 0.1) is 19.7 Å². The number of amides is 1. The molecule has 5 nitrogen and oxygen atoms in total. The van der Waals surface area contributed by atoms with Gasteiger partial charge in [-0.25, -0.2) is 4.39 Å². The van der Waals surface area contributed by atoms with Crippen LogP contribution in [0.2, 0.25) is 0 Å². The Morgan fingerprint density at radius 2 is 1.76 bits per heavy atom. The van der Waals surface area contributed by atoms with Crippen molar-refractivity contribution in [3.8, 4) is 0 Å². The molecule has 2 heterocycles. The Hall–Kier alpha value is -3.67. The van der Waals surface area contributed by atoms with Crippen molar-refractivity contribution in [3.63, 3.8) is 0 Å². The first-order valence-corrected chi connectivity index (χ1v) is 9.07. The van der Waals surface area contributed by atoms with Crippen molar-refractivity contribution in [2.24, 2.45) is 0 Å². The molecule has 1 unspecified atom stereocenters. The van der Waals surface area contributed by atoms with E-state index in [4.69, 9.17) is 4.42 Å². The topological polar surface area (TPSA) is 70.8 Å². The Bertz CT molecular complexity index is 1140. The fourth-order valence-corrected chi connectivity index (χ4v) is 3.51. The van der Waals surface area contributed by atoms with Crippen LogP contribution in [-0.4, -0.2) is 16.8 Å². The van der Waals surface area contributed by atoms with Gasteiger partial charge in [0.1, 0.15) is 29.1 Å². The van der Waals surface area contributed by atoms with Gasteiger partial charge in [-0.3, -0.25) is 14.5 Å². The smallest absolute Gasteiger partial charge is 0.300 e. The van der Waals surface area contributed by atoms with E-state index in [9.17, 15) is 19.1 Å². The van der Waals surface area contributed by atoms with Gasteiger partial charge in [0, 0.05) is 11.3 Å². The molecule has 1 fully saturated rings. The standard InChI is InChI=1S/C23H18FNO4/c1-13-4-3-5-17(12-13)25-20(18-11-6-14(2)29-18)19(22(27)23(25)28)21(26)15-7-9-16(24)10-8-15/h3-12,20,26H,1-2H3/b21-19-. The van der Waals surface area contributed by atoms with Gasteiger partial charge in [0.2, 0.25) is 0 Å². The third kappa shape index (κ3) is 3.23. The van der Waals surface area contributed by atoms with Gasteiger partial charge in [0.05, 0.1) is 5.57 Å². The number of aliphatic hydroxyl groups excluding tert-OH is 1. The molecule has 0 radical (unpaired) electrons. The minimum absolute atomic E-state index is 0.0996. The normalized spacial score (nSPS) is 18.4. The summed E-state index contributed by atoms with van der Waals surface area (Å²) in [5.41, 5.74) is 1.57. The Balaban J connectivity index is 1.94. The first kappa shape index (κ1) is 18.7. The average Bonchev–Trinajstić information content (AvgIpc) is 3.23. The fraction of sp³-hybridized carbons (Fsp3) is 0.130. The van der Waals surface area contributed by atoms with Crippen LogP contribution in [0.5, 0.6) is 0 Å². The monoisotopic (exact) mass is 391 g/mol. The Labute approximate surface area is 166 Å². The van der Waals surface area contributed by atoms with Gasteiger partial charge in [-0.15, -0.1) is 0 Å². The number of aliphatic hydroxyl groups is 1. The quantitative estimate of drug-likeness (QED) is 0.400. The molecule has 1 atom stereocenters. The zero-order chi connectivity index (χ0) is 20.7. The maximum atomic E-state index is 13.3. The van der Waals surface area contributed by atoms with E-state index in [1.54, 1.807) is 37.3 Å². The number of benzene rings is 2. The van der Waals surface area contributed by atoms with Crippen molar-refractivity contribution < 1.29 is 23.5 Å². The number of nitrogens with zero attached hydrogens (tertiary/aromatic N) is 1. The molecule has 1 N–H and O–H groups in total. The van der Waals surface area contributed by atoms with Crippen LogP contribution in [0.4, 0.5) is 10.1 Å². The number of rotatable bonds is 3. The third-order valence-electron chi connectivity index (χ3n) is 4.87. The first-order chi connectivity index (χ1) is 13.9. The number of carbonyl (C=O) groups is 2. The number of anilines is 1. The van der Waals surface area contributed by atoms with Gasteiger partial charge in [-0.1, -0.05) is 12.1 Å². The molecule has 1 saturated heterocycles. The summed E-state index contributed by atoms with van der Waals surface area (Å²) in [7, 11) is 0. The summed E-state index contributed by atoms with van der Waals surface area (Å²) in [6.07, 6.45) is 0. The number of furan rings is 1. The molecule has 1 aliphatic rings. The number of aryl methyl sites for hydroxylation is 2. The predicted molar refractivity (Wildman–Crippen MR) is 106 cm³/mol. The molecule has 1 amide bonds. The lowest BCUT2D eigenvalue weighted by Gasteiger charge is -2.23. The SMILES string of the molecule is Cc1cccc(N2C(=O)C(=O)/C(=C(\O)c3ccc(F)cc3)C2c2ccc(C)o2)c1. The van der Waals surface area contributed by atoms with Crippen LogP contribution in [0.25, 0.3) is 5.76 Å². The van der Waals surface area contributed by atoms with E-state index < -0.39 is 23.5 Å². The largest absolute Gasteiger partial charge is 0.507 e. The lowest BCUT2D eigenvalue weighted by molar-refractivity contribution is -0.132. The van der Waals surface area contributed by atoms with Gasteiger partial charge < -0.3 is 9.52 Å². The molecule has 0 spiro atoms. The highest BCUT2D eigenvalue weighted by Crippen LogP contribution is 2.42. The van der Waals surface area contributed by atoms with Crippen molar-refractivity contribution in [3.05, 3.63) is 94.7 Å². The van der Waals surface area contributed by atoms with E-state index in [1.165, 1.54) is 29.2 Å². The molecule has 4 rings (SSSR count). The van der Waals surface area contributed by atoms with E-state index in [-0.39, 0.29) is 16.9 Å². The predicted octanol–water partition coefficient (Wildman–Crippen LogP) is 4.66. The number of ketones is 1. The third-order valence-corrected chi connectivity index (χ3v) is 4.87. The van der Waals surface area contributed by atoms with Crippen molar-refractivity contribution in [1.82, 2.24) is 0 Å². The van der Waals surface area contributed by atoms with Crippen LogP contribution in [0.1, 0.15) is 28.7 Å². The molecule has 3 aromatic rings. The van der Waals surface area contributed by atoms with Crippen molar-refractivity contribution >= 4 is 23.1 Å². The van der Waals surface area contributed by atoms with Gasteiger partial charge in [-0.2, -0.15) is 0 Å². The molecule has 146 valence electrons. The summed E-state index contributed by atoms with van der Waals surface area (Å²) < 4.78 is 19.0. The van der Waals surface area contributed by atoms with E-state index in [0.29, 0.717) is 17.2 Å². The Morgan fingerprint density at radius 3 is 2.38 bits per heavy atom. The number of carbonyl (C=O) groups excluding carboxylic acids is 2. The molecule has 1 aromatic heterocycles. The van der Waals surface area contributed by atoms with Crippen molar-refractivity contribution in [2.75, 3.05) is 4.90 Å². The zero-order valence-corrected chi connectivity index (χ0v) is 15.8. The summed E-state index contributed by atoms with van der Waals surface area (Å²) >= 11 is 0. The van der Waals surface area contributed by atoms with Gasteiger partial charge in [0.15, 0.2) is 0 Å². The molecular weight excluding hydrogens is 373 g/mol. The maximum Gasteiger partial charge on any atom is 0.300 e. The lowest BCUT2D eigenvalue weighted by Crippen LogP contribution is -2.29. The Kier molecular flexibility index (Phi) is 4.54. The molecule has 1 aliphatic heterocycles. The van der Waals surface area contributed by atoms with E-state index >= 15 is 0 Å². The number of hydrogen-bond acceptors (Lipinski definition) is 4. The molecule has 0 saturated carbocycles. The Morgan fingerprint density at radius 1 is 1.03 bits per heavy atom. The van der Waals surface area contributed by atoms with E-state index in [1.807, 2.05) is 13.0 Å². The summed E-state index contributed by atoms with van der Waals surface area (Å²) in [6, 6.07) is 14.7. The second kappa shape index (κ2) is 7.05. The highest BCUT2D eigenvalue weighted by Gasteiger charge is 2.48. The van der Waals surface area contributed by atoms with Crippen LogP contribution < -0.4 is 4.90 Å². The summed E-state index contributed by atoms with van der Waals surface area (Å²) in [5.74, 6) is -1.48. The van der Waals surface area contributed by atoms with Crippen molar-refractivity contribution in [1.29, 1.82) is 0 Å². The number of Topliss-reactive ketones (excluding diaryl/α,β-unsaturated/α-hetero) is 1. The highest BCUT2D eigenvalue weighted by atomic mass is 19.1. The minimum atomic E-state index is -0.935. The molecule has 2 aromatic carbocycles. The average molecular weight is 391 g/mol. The molecular formula is C23H18FNO4. The van der Waals surface area contributed by atoms with Crippen LogP contribution in [-0.2, 0) is 9.59 Å². The minimum Gasteiger partial charge on any atom is -0.507 e. The second-order valence-corrected chi connectivity index (χ2v) is 6.96. The van der Waals surface area contributed by atoms with Gasteiger partial charge in [-0.05, 0) is 67.9 Å². The summed E-state index contributed by atoms with van der Waals surface area (Å²) in [6.45, 7) is 3.63. The molecule has 0 bridgehead atoms. The van der Waals surface area contributed by atoms with Crippen LogP contribution in [0.15, 0.2) is 70.7 Å². The molecule has 0 aliphatic carbocycles. The maximum absolute atomic E-state index is 13.3. The second-order valence-electron chi connectivity index (χ2n) is 6.96. The van der Waals surface area contributed by atoms with Crippen LogP contribution >= 0.6 is 0 Å². The molecule has 29 heavy (non-hydrogen) atoms. The van der Waals surface area contributed by atoms with E-state index in [0.717, 1.165) is 5.56 Å². The lowest BCUT2D eigenvalue weighted by atomic mass is 9.99. The zero-order valence-electron chi connectivity index (χ0n) is 15.8. The van der Waals surface area contributed by atoms with Crippen molar-refractivity contribution in [2.45, 2.75) is 19.9 Å². The van der Waals surface area contributed by atoms with Gasteiger partial charge in [0.25, 0.3) is 11.7 Å². The summed E-state index contributed by atoms with van der Waals surface area (Å²) in [5, 5.41) is 10.9. The number of hydrogen-bond donors (Lipinski definition) is 1. The fourth-order valence-electron chi connectivity index (χ4n) is 3.51. The van der Waals surface area contributed by atoms with E-state index in [2.05, 4.69) is 0 Å².